The molecule has 4 N–H and O–H groups in total. The Balaban J connectivity index is 2.67. The number of hydrogen-bond donors (Lipinski definition) is 2. The van der Waals surface area contributed by atoms with Crippen LogP contribution in [-0.4, -0.2) is 28.5 Å². The standard InChI is InChI=1S/C19H26N4O2/c1-4-5-6-10-23-15-9-7-8-13(14(11-24)19(2,3)12-20)16(15)17(22-23)18(21)25/h4,7-9,11,14H,1,5-6,10,12,20H2,2-3H3,(H2,21,25). The summed E-state index contributed by atoms with van der Waals surface area (Å²) < 4.78 is 1.78. The fraction of sp³-hybridized carbons (Fsp3) is 0.421. The Morgan fingerprint density at radius 1 is 1.44 bits per heavy atom. The van der Waals surface area contributed by atoms with E-state index >= 15 is 0 Å². The van der Waals surface area contributed by atoms with Gasteiger partial charge in [-0.1, -0.05) is 32.1 Å². The summed E-state index contributed by atoms with van der Waals surface area (Å²) in [5.74, 6) is -1.06. The number of rotatable bonds is 9. The second-order valence-corrected chi connectivity index (χ2v) is 6.91. The van der Waals surface area contributed by atoms with Gasteiger partial charge in [-0.05, 0) is 36.4 Å². The van der Waals surface area contributed by atoms with Crippen LogP contribution < -0.4 is 11.5 Å². The van der Waals surface area contributed by atoms with E-state index in [1.807, 2.05) is 38.1 Å². The fourth-order valence-electron chi connectivity index (χ4n) is 3.05. The van der Waals surface area contributed by atoms with Gasteiger partial charge in [-0.3, -0.25) is 9.48 Å². The van der Waals surface area contributed by atoms with E-state index in [-0.39, 0.29) is 5.69 Å². The lowest BCUT2D eigenvalue weighted by molar-refractivity contribution is -0.111. The largest absolute Gasteiger partial charge is 0.364 e. The van der Waals surface area contributed by atoms with Crippen molar-refractivity contribution in [3.63, 3.8) is 0 Å². The van der Waals surface area contributed by atoms with Crippen molar-refractivity contribution in [2.75, 3.05) is 6.54 Å². The predicted molar refractivity (Wildman–Crippen MR) is 99.3 cm³/mol. The minimum Gasteiger partial charge on any atom is -0.364 e. The summed E-state index contributed by atoms with van der Waals surface area (Å²) in [5, 5.41) is 5.05. The number of benzene rings is 1. The molecule has 6 heteroatoms. The number of hydrogen-bond acceptors (Lipinski definition) is 4. The van der Waals surface area contributed by atoms with E-state index < -0.39 is 17.2 Å². The molecule has 0 radical (unpaired) electrons. The average Bonchev–Trinajstić information content (AvgIpc) is 2.95. The maximum absolute atomic E-state index is 12.0. The van der Waals surface area contributed by atoms with Crippen LogP contribution in [0.25, 0.3) is 10.9 Å². The van der Waals surface area contributed by atoms with Crippen LogP contribution in [0.3, 0.4) is 0 Å². The molecule has 0 spiro atoms. The van der Waals surface area contributed by atoms with Gasteiger partial charge in [0.05, 0.1) is 5.52 Å². The second kappa shape index (κ2) is 7.61. The summed E-state index contributed by atoms with van der Waals surface area (Å²) >= 11 is 0. The van der Waals surface area contributed by atoms with Gasteiger partial charge in [0.2, 0.25) is 0 Å². The van der Waals surface area contributed by atoms with Crippen molar-refractivity contribution in [3.8, 4) is 0 Å². The number of aromatic nitrogens is 2. The van der Waals surface area contributed by atoms with Crippen LogP contribution in [0.4, 0.5) is 0 Å². The van der Waals surface area contributed by atoms with Crippen LogP contribution in [-0.2, 0) is 11.3 Å². The van der Waals surface area contributed by atoms with Gasteiger partial charge in [0.25, 0.3) is 5.91 Å². The van der Waals surface area contributed by atoms with Crippen molar-refractivity contribution >= 4 is 23.1 Å². The highest BCUT2D eigenvalue weighted by molar-refractivity contribution is 6.06. The summed E-state index contributed by atoms with van der Waals surface area (Å²) in [4.78, 5) is 23.8. The van der Waals surface area contributed by atoms with Crippen LogP contribution in [0.1, 0.15) is 48.7 Å². The van der Waals surface area contributed by atoms with E-state index in [9.17, 15) is 9.59 Å². The summed E-state index contributed by atoms with van der Waals surface area (Å²) in [5.41, 5.74) is 12.7. The minimum atomic E-state index is -0.602. The van der Waals surface area contributed by atoms with Gasteiger partial charge in [-0.25, -0.2) is 0 Å². The quantitative estimate of drug-likeness (QED) is 0.415. The molecule has 2 aromatic rings. The molecule has 0 fully saturated rings. The van der Waals surface area contributed by atoms with Crippen molar-refractivity contribution in [1.82, 2.24) is 9.78 Å². The molecule has 1 unspecified atom stereocenters. The van der Waals surface area contributed by atoms with Gasteiger partial charge in [0.1, 0.15) is 6.29 Å². The lowest BCUT2D eigenvalue weighted by atomic mass is 9.74. The monoisotopic (exact) mass is 342 g/mol. The van der Waals surface area contributed by atoms with E-state index in [0.29, 0.717) is 18.5 Å². The van der Waals surface area contributed by atoms with Gasteiger partial charge in [0.15, 0.2) is 5.69 Å². The van der Waals surface area contributed by atoms with Crippen LogP contribution in [0, 0.1) is 5.41 Å². The van der Waals surface area contributed by atoms with Gasteiger partial charge in [-0.15, -0.1) is 6.58 Å². The molecule has 0 saturated carbocycles. The molecule has 1 atom stereocenters. The molecule has 134 valence electrons. The summed E-state index contributed by atoms with van der Waals surface area (Å²) in [6.07, 6.45) is 4.44. The van der Waals surface area contributed by atoms with Gasteiger partial charge in [0, 0.05) is 17.8 Å². The van der Waals surface area contributed by atoms with Crippen molar-refractivity contribution < 1.29 is 9.59 Å². The average molecular weight is 342 g/mol. The lowest BCUT2D eigenvalue weighted by Crippen LogP contribution is -2.32. The number of amides is 1. The molecule has 0 aliphatic heterocycles. The predicted octanol–water partition coefficient (Wildman–Crippen LogP) is 2.37. The number of fused-ring (bicyclic) bond motifs is 1. The van der Waals surface area contributed by atoms with Gasteiger partial charge < -0.3 is 16.3 Å². The molecule has 1 amide bonds. The number of carbonyl (C=O) groups is 2. The van der Waals surface area contributed by atoms with E-state index in [4.69, 9.17) is 11.5 Å². The molecule has 0 bridgehead atoms. The molecule has 0 aliphatic rings. The van der Waals surface area contributed by atoms with Crippen LogP contribution in [0.5, 0.6) is 0 Å². The highest BCUT2D eigenvalue weighted by atomic mass is 16.1. The van der Waals surface area contributed by atoms with E-state index in [0.717, 1.165) is 30.2 Å². The van der Waals surface area contributed by atoms with Crippen molar-refractivity contribution in [1.29, 1.82) is 0 Å². The Kier molecular flexibility index (Phi) is 5.74. The smallest absolute Gasteiger partial charge is 0.269 e. The first-order valence-electron chi connectivity index (χ1n) is 8.42. The number of carbonyl (C=O) groups excluding carboxylic acids is 2. The molecule has 25 heavy (non-hydrogen) atoms. The molecule has 2 rings (SSSR count). The number of allylic oxidation sites excluding steroid dienone is 1. The second-order valence-electron chi connectivity index (χ2n) is 6.91. The Bertz CT molecular complexity index is 792. The first-order valence-corrected chi connectivity index (χ1v) is 8.42. The minimum absolute atomic E-state index is 0.198. The molecule has 0 aliphatic carbocycles. The highest BCUT2D eigenvalue weighted by Gasteiger charge is 2.32. The normalized spacial score (nSPS) is 12.9. The van der Waals surface area contributed by atoms with Gasteiger partial charge >= 0.3 is 0 Å². The third kappa shape index (κ3) is 3.64. The zero-order valence-corrected chi connectivity index (χ0v) is 14.9. The number of aryl methyl sites for hydroxylation is 1. The molecular weight excluding hydrogens is 316 g/mol. The Hall–Kier alpha value is -2.47. The SMILES string of the molecule is C=CCCCn1nc(C(N)=O)c2c(C(C=O)C(C)(C)CN)cccc21. The maximum atomic E-state index is 12.0. The molecule has 1 aromatic heterocycles. The van der Waals surface area contributed by atoms with Crippen LogP contribution in [0.15, 0.2) is 30.9 Å². The first kappa shape index (κ1) is 18.9. The van der Waals surface area contributed by atoms with E-state index in [1.54, 1.807) is 4.68 Å². The van der Waals surface area contributed by atoms with Crippen molar-refractivity contribution in [2.45, 2.75) is 39.2 Å². The fourth-order valence-corrected chi connectivity index (χ4v) is 3.05. The summed E-state index contributed by atoms with van der Waals surface area (Å²) in [7, 11) is 0. The zero-order chi connectivity index (χ0) is 18.6. The first-order chi connectivity index (χ1) is 11.9. The van der Waals surface area contributed by atoms with Crippen molar-refractivity contribution in [2.24, 2.45) is 16.9 Å². The molecule has 0 saturated heterocycles. The van der Waals surface area contributed by atoms with Gasteiger partial charge in [-0.2, -0.15) is 5.10 Å². The van der Waals surface area contributed by atoms with E-state index in [2.05, 4.69) is 11.7 Å². The zero-order valence-electron chi connectivity index (χ0n) is 14.9. The summed E-state index contributed by atoms with van der Waals surface area (Å²) in [6, 6.07) is 5.61. The number of nitrogens with two attached hydrogens (primary N) is 2. The van der Waals surface area contributed by atoms with Crippen LogP contribution >= 0.6 is 0 Å². The summed E-state index contributed by atoms with van der Waals surface area (Å²) in [6.45, 7) is 8.57. The third-order valence-electron chi connectivity index (χ3n) is 4.66. The Morgan fingerprint density at radius 3 is 2.72 bits per heavy atom. The third-order valence-corrected chi connectivity index (χ3v) is 4.66. The number of nitrogens with zero attached hydrogens (tertiary/aromatic N) is 2. The lowest BCUT2D eigenvalue weighted by Gasteiger charge is -2.30. The topological polar surface area (TPSA) is 104 Å². The number of aldehydes is 1. The molecule has 6 nitrogen and oxygen atoms in total. The molecule has 1 aromatic carbocycles. The molecule has 1 heterocycles. The highest BCUT2D eigenvalue weighted by Crippen LogP contribution is 2.37. The number of unbranched alkanes of at least 4 members (excludes halogenated alkanes) is 1. The maximum Gasteiger partial charge on any atom is 0.269 e. The Morgan fingerprint density at radius 2 is 2.16 bits per heavy atom. The number of primary amides is 1. The molecular formula is C19H26N4O2. The van der Waals surface area contributed by atoms with Crippen LogP contribution in [0.2, 0.25) is 0 Å². The van der Waals surface area contributed by atoms with Crippen molar-refractivity contribution in [3.05, 3.63) is 42.1 Å². The van der Waals surface area contributed by atoms with E-state index in [1.165, 1.54) is 0 Å². The Labute approximate surface area is 147 Å².